The predicted octanol–water partition coefficient (Wildman–Crippen LogP) is 2.42. The van der Waals surface area contributed by atoms with Crippen molar-refractivity contribution in [1.29, 1.82) is 0 Å². The fourth-order valence-electron chi connectivity index (χ4n) is 1.37. The quantitative estimate of drug-likeness (QED) is 0.643. The Bertz CT molecular complexity index is 105. The van der Waals surface area contributed by atoms with Crippen LogP contribution in [0, 0.1) is 11.8 Å². The third kappa shape index (κ3) is 4.41. The molecule has 11 heavy (non-hydrogen) atoms. The number of nitrogens with one attached hydrogen (secondary N) is 1. The highest BCUT2D eigenvalue weighted by Crippen LogP contribution is 2.33. The van der Waals surface area contributed by atoms with Crippen molar-refractivity contribution in [3.05, 3.63) is 0 Å². The lowest BCUT2D eigenvalue weighted by Gasteiger charge is -2.14. The Labute approximate surface area is 70.6 Å². The molecule has 1 aliphatic carbocycles. The van der Waals surface area contributed by atoms with Gasteiger partial charge >= 0.3 is 0 Å². The predicted molar refractivity (Wildman–Crippen MR) is 49.6 cm³/mol. The topological polar surface area (TPSA) is 12.0 Å². The zero-order valence-corrected chi connectivity index (χ0v) is 8.06. The molecule has 1 nitrogen and oxygen atoms in total. The maximum atomic E-state index is 3.55. The summed E-state index contributed by atoms with van der Waals surface area (Å²) in [6.07, 6.45) is 4.36. The lowest BCUT2D eigenvalue weighted by Crippen LogP contribution is -2.29. The van der Waals surface area contributed by atoms with Crippen LogP contribution in [0.2, 0.25) is 0 Å². The Hall–Kier alpha value is -0.0400. The Morgan fingerprint density at radius 2 is 1.91 bits per heavy atom. The molecular weight excluding hydrogens is 134 g/mol. The molecule has 0 saturated heterocycles. The van der Waals surface area contributed by atoms with Crippen LogP contribution in [0.4, 0.5) is 0 Å². The van der Waals surface area contributed by atoms with Crippen LogP contribution in [0.1, 0.15) is 40.0 Å². The van der Waals surface area contributed by atoms with Crippen LogP contribution in [-0.4, -0.2) is 12.6 Å². The molecule has 1 aliphatic rings. The second-order valence-electron chi connectivity index (χ2n) is 4.38. The molecule has 0 bridgehead atoms. The van der Waals surface area contributed by atoms with E-state index in [1.807, 2.05) is 0 Å². The Morgan fingerprint density at radius 3 is 2.36 bits per heavy atom. The molecule has 0 heterocycles. The molecule has 1 N–H and O–H groups in total. The average molecular weight is 155 g/mol. The van der Waals surface area contributed by atoms with Gasteiger partial charge in [-0.25, -0.2) is 0 Å². The van der Waals surface area contributed by atoms with Gasteiger partial charge in [-0.05, 0) is 31.7 Å². The lowest BCUT2D eigenvalue weighted by molar-refractivity contribution is 0.448. The van der Waals surface area contributed by atoms with Crippen molar-refractivity contribution in [2.24, 2.45) is 11.8 Å². The summed E-state index contributed by atoms with van der Waals surface area (Å²) >= 11 is 0. The van der Waals surface area contributed by atoms with Crippen molar-refractivity contribution in [2.75, 3.05) is 6.54 Å². The summed E-state index contributed by atoms with van der Waals surface area (Å²) in [5.41, 5.74) is 0. The second kappa shape index (κ2) is 4.10. The van der Waals surface area contributed by atoms with Gasteiger partial charge in [0.1, 0.15) is 0 Å². The summed E-state index contributed by atoms with van der Waals surface area (Å²) in [6.45, 7) is 8.00. The van der Waals surface area contributed by atoms with Crippen LogP contribution < -0.4 is 5.32 Å². The van der Waals surface area contributed by atoms with Crippen LogP contribution in [0.3, 0.4) is 0 Å². The minimum Gasteiger partial charge on any atom is -0.314 e. The summed E-state index contributed by atoms with van der Waals surface area (Å²) in [5, 5.41) is 3.55. The van der Waals surface area contributed by atoms with Crippen molar-refractivity contribution in [3.63, 3.8) is 0 Å². The minimum absolute atomic E-state index is 0.741. The average Bonchev–Trinajstić information content (AvgIpc) is 2.67. The molecule has 0 aromatic rings. The van der Waals surface area contributed by atoms with Gasteiger partial charge in [-0.15, -0.1) is 0 Å². The van der Waals surface area contributed by atoms with Crippen molar-refractivity contribution in [2.45, 2.75) is 46.1 Å². The summed E-state index contributed by atoms with van der Waals surface area (Å²) in [7, 11) is 0. The first-order valence-electron chi connectivity index (χ1n) is 4.92. The molecular formula is C10H21N. The Balaban J connectivity index is 1.95. The molecule has 0 radical (unpaired) electrons. The Kier molecular flexibility index (Phi) is 3.38. The van der Waals surface area contributed by atoms with E-state index in [1.165, 1.54) is 25.8 Å². The zero-order valence-electron chi connectivity index (χ0n) is 8.06. The van der Waals surface area contributed by atoms with E-state index in [-0.39, 0.29) is 0 Å². The molecule has 0 aliphatic heterocycles. The van der Waals surface area contributed by atoms with Gasteiger partial charge < -0.3 is 5.32 Å². The molecule has 1 fully saturated rings. The Morgan fingerprint density at radius 1 is 1.27 bits per heavy atom. The first kappa shape index (κ1) is 9.05. The fraction of sp³-hybridized carbons (Fsp3) is 1.00. The van der Waals surface area contributed by atoms with Crippen LogP contribution in [0.15, 0.2) is 0 Å². The molecule has 1 unspecified atom stereocenters. The van der Waals surface area contributed by atoms with Gasteiger partial charge in [-0.1, -0.05) is 26.7 Å². The molecule has 0 amide bonds. The van der Waals surface area contributed by atoms with E-state index >= 15 is 0 Å². The van der Waals surface area contributed by atoms with Crippen LogP contribution in [-0.2, 0) is 0 Å². The number of hydrogen-bond donors (Lipinski definition) is 1. The SMILES string of the molecule is CC(C)CNC(C)CC1CC1. The van der Waals surface area contributed by atoms with Crippen molar-refractivity contribution in [3.8, 4) is 0 Å². The molecule has 1 heteroatoms. The van der Waals surface area contributed by atoms with Gasteiger partial charge in [0.25, 0.3) is 0 Å². The summed E-state index contributed by atoms with van der Waals surface area (Å²) in [4.78, 5) is 0. The molecule has 1 rings (SSSR count). The first-order valence-corrected chi connectivity index (χ1v) is 4.92. The third-order valence-electron chi connectivity index (χ3n) is 2.26. The highest BCUT2D eigenvalue weighted by molar-refractivity contribution is 4.77. The molecule has 1 saturated carbocycles. The van der Waals surface area contributed by atoms with E-state index in [4.69, 9.17) is 0 Å². The molecule has 0 aromatic heterocycles. The standard InChI is InChI=1S/C10H21N/c1-8(2)7-11-9(3)6-10-4-5-10/h8-11H,4-7H2,1-3H3. The zero-order chi connectivity index (χ0) is 8.27. The molecule has 1 atom stereocenters. The van der Waals surface area contributed by atoms with Crippen molar-refractivity contribution in [1.82, 2.24) is 5.32 Å². The normalized spacial score (nSPS) is 20.7. The monoisotopic (exact) mass is 155 g/mol. The maximum Gasteiger partial charge on any atom is 0.00414 e. The van der Waals surface area contributed by atoms with Gasteiger partial charge in [0, 0.05) is 6.04 Å². The minimum atomic E-state index is 0.741. The summed E-state index contributed by atoms with van der Waals surface area (Å²) < 4.78 is 0. The van der Waals surface area contributed by atoms with Gasteiger partial charge in [0.2, 0.25) is 0 Å². The summed E-state index contributed by atoms with van der Waals surface area (Å²) in [5.74, 6) is 1.85. The second-order valence-corrected chi connectivity index (χ2v) is 4.38. The third-order valence-corrected chi connectivity index (χ3v) is 2.26. The highest BCUT2D eigenvalue weighted by Gasteiger charge is 2.23. The van der Waals surface area contributed by atoms with E-state index in [0.717, 1.165) is 17.9 Å². The first-order chi connectivity index (χ1) is 5.18. The number of hydrogen-bond acceptors (Lipinski definition) is 1. The van der Waals surface area contributed by atoms with Gasteiger partial charge in [-0.3, -0.25) is 0 Å². The van der Waals surface area contributed by atoms with Crippen molar-refractivity contribution < 1.29 is 0 Å². The molecule has 66 valence electrons. The molecule has 0 spiro atoms. The molecule has 0 aromatic carbocycles. The van der Waals surface area contributed by atoms with Crippen LogP contribution in [0.25, 0.3) is 0 Å². The van der Waals surface area contributed by atoms with E-state index in [0.29, 0.717) is 0 Å². The van der Waals surface area contributed by atoms with E-state index < -0.39 is 0 Å². The van der Waals surface area contributed by atoms with Crippen LogP contribution in [0.5, 0.6) is 0 Å². The van der Waals surface area contributed by atoms with E-state index in [2.05, 4.69) is 26.1 Å². The highest BCUT2D eigenvalue weighted by atomic mass is 14.9. The largest absolute Gasteiger partial charge is 0.314 e. The fourth-order valence-corrected chi connectivity index (χ4v) is 1.37. The lowest BCUT2D eigenvalue weighted by atomic mass is 10.1. The smallest absolute Gasteiger partial charge is 0.00414 e. The van der Waals surface area contributed by atoms with Gasteiger partial charge in [0.15, 0.2) is 0 Å². The van der Waals surface area contributed by atoms with Gasteiger partial charge in [-0.2, -0.15) is 0 Å². The maximum absolute atomic E-state index is 3.55. The van der Waals surface area contributed by atoms with Crippen molar-refractivity contribution >= 4 is 0 Å². The number of rotatable bonds is 5. The van der Waals surface area contributed by atoms with Crippen LogP contribution >= 0.6 is 0 Å². The van der Waals surface area contributed by atoms with E-state index in [1.54, 1.807) is 0 Å². The van der Waals surface area contributed by atoms with Gasteiger partial charge in [0.05, 0.1) is 0 Å². The summed E-state index contributed by atoms with van der Waals surface area (Å²) in [6, 6.07) is 0.741. The van der Waals surface area contributed by atoms with E-state index in [9.17, 15) is 0 Å².